The summed E-state index contributed by atoms with van der Waals surface area (Å²) in [5.74, 6) is 0.435. The molecular formula is C4H10ClNO. The van der Waals surface area contributed by atoms with Crippen LogP contribution < -0.4 is 5.73 Å². The van der Waals surface area contributed by atoms with Crippen LogP contribution in [0.3, 0.4) is 0 Å². The molecule has 44 valence electrons. The summed E-state index contributed by atoms with van der Waals surface area (Å²) in [6.07, 6.45) is 1.02. The summed E-state index contributed by atoms with van der Waals surface area (Å²) in [5.41, 5.74) is 5.32. The predicted molar refractivity (Wildman–Crippen MR) is 30.4 cm³/mol. The first-order valence-electron chi connectivity index (χ1n) is 2.21. The van der Waals surface area contributed by atoms with Gasteiger partial charge >= 0.3 is 0 Å². The number of nitrogens with two attached hydrogens (primary N) is 1. The van der Waals surface area contributed by atoms with Gasteiger partial charge in [-0.3, -0.25) is 0 Å². The van der Waals surface area contributed by atoms with Crippen molar-refractivity contribution in [2.75, 3.05) is 6.61 Å². The highest BCUT2D eigenvalue weighted by Gasteiger charge is 2.31. The molecule has 2 nitrogen and oxygen atoms in total. The summed E-state index contributed by atoms with van der Waals surface area (Å²) in [4.78, 5) is 0. The molecule has 1 rings (SSSR count). The molecule has 1 saturated carbocycles. The quantitative estimate of drug-likeness (QED) is 0.505. The van der Waals surface area contributed by atoms with Gasteiger partial charge in [0.15, 0.2) is 0 Å². The number of aliphatic hydroxyl groups excluding tert-OH is 1. The van der Waals surface area contributed by atoms with Gasteiger partial charge in [-0.1, -0.05) is 0 Å². The van der Waals surface area contributed by atoms with E-state index < -0.39 is 0 Å². The van der Waals surface area contributed by atoms with E-state index in [4.69, 9.17) is 10.8 Å². The molecule has 7 heavy (non-hydrogen) atoms. The Morgan fingerprint density at radius 1 is 1.71 bits per heavy atom. The fourth-order valence-electron chi connectivity index (χ4n) is 0.481. The maximum Gasteiger partial charge on any atom is 0.0474 e. The molecule has 1 aliphatic rings. The number of hydrogen-bond acceptors (Lipinski definition) is 2. The third-order valence-corrected chi connectivity index (χ3v) is 1.21. The molecule has 2 unspecified atom stereocenters. The lowest BCUT2D eigenvalue weighted by atomic mass is 10.4. The van der Waals surface area contributed by atoms with Crippen molar-refractivity contribution in [2.24, 2.45) is 11.7 Å². The Morgan fingerprint density at radius 3 is 2.14 bits per heavy atom. The molecule has 0 bridgehead atoms. The van der Waals surface area contributed by atoms with Crippen molar-refractivity contribution in [3.63, 3.8) is 0 Å². The summed E-state index contributed by atoms with van der Waals surface area (Å²) in [5, 5.41) is 8.30. The van der Waals surface area contributed by atoms with Crippen LogP contribution in [0.4, 0.5) is 0 Å². The number of halogens is 1. The molecule has 0 spiro atoms. The first-order valence-corrected chi connectivity index (χ1v) is 2.21. The molecule has 2 atom stereocenters. The van der Waals surface area contributed by atoms with E-state index >= 15 is 0 Å². The number of hydrogen-bond donors (Lipinski definition) is 2. The van der Waals surface area contributed by atoms with Crippen LogP contribution in [0.2, 0.25) is 0 Å². The zero-order valence-electron chi connectivity index (χ0n) is 4.00. The molecular weight excluding hydrogens is 114 g/mol. The second-order valence-corrected chi connectivity index (χ2v) is 1.84. The Bertz CT molecular complexity index is 57.7. The van der Waals surface area contributed by atoms with Gasteiger partial charge in [0, 0.05) is 12.6 Å². The van der Waals surface area contributed by atoms with Crippen molar-refractivity contribution < 1.29 is 5.11 Å². The SMILES string of the molecule is Cl.NC1CC1CO. The minimum atomic E-state index is 0. The highest BCUT2D eigenvalue weighted by atomic mass is 35.5. The molecule has 0 heterocycles. The normalized spacial score (nSPS) is 36.9. The average molecular weight is 124 g/mol. The molecule has 0 radical (unpaired) electrons. The van der Waals surface area contributed by atoms with E-state index in [-0.39, 0.29) is 19.0 Å². The molecule has 1 aliphatic carbocycles. The number of rotatable bonds is 1. The fourth-order valence-corrected chi connectivity index (χ4v) is 0.481. The van der Waals surface area contributed by atoms with E-state index in [0.717, 1.165) is 6.42 Å². The Labute approximate surface area is 49.1 Å². The Hall–Kier alpha value is 0.210. The first kappa shape index (κ1) is 7.21. The average Bonchev–Trinajstić information content (AvgIpc) is 2.19. The Kier molecular flexibility index (Phi) is 2.58. The van der Waals surface area contributed by atoms with E-state index in [1.807, 2.05) is 0 Å². The maximum atomic E-state index is 8.30. The van der Waals surface area contributed by atoms with Gasteiger partial charge in [0.05, 0.1) is 0 Å². The molecule has 3 heteroatoms. The fraction of sp³-hybridized carbons (Fsp3) is 1.00. The molecule has 0 aliphatic heterocycles. The van der Waals surface area contributed by atoms with Crippen molar-refractivity contribution in [1.29, 1.82) is 0 Å². The smallest absolute Gasteiger partial charge is 0.0474 e. The Morgan fingerprint density at radius 2 is 2.14 bits per heavy atom. The summed E-state index contributed by atoms with van der Waals surface area (Å²) in [6.45, 7) is 0.279. The summed E-state index contributed by atoms with van der Waals surface area (Å²) < 4.78 is 0. The van der Waals surface area contributed by atoms with Crippen molar-refractivity contribution in [1.82, 2.24) is 0 Å². The van der Waals surface area contributed by atoms with E-state index in [1.54, 1.807) is 0 Å². The largest absolute Gasteiger partial charge is 0.396 e. The minimum Gasteiger partial charge on any atom is -0.396 e. The molecule has 0 aromatic carbocycles. The van der Waals surface area contributed by atoms with Crippen LogP contribution >= 0.6 is 12.4 Å². The zero-order valence-corrected chi connectivity index (χ0v) is 4.82. The highest BCUT2D eigenvalue weighted by Crippen LogP contribution is 2.25. The van der Waals surface area contributed by atoms with Crippen LogP contribution in [0, 0.1) is 5.92 Å². The first-order chi connectivity index (χ1) is 2.84. The van der Waals surface area contributed by atoms with E-state index in [2.05, 4.69) is 0 Å². The molecule has 0 aromatic heterocycles. The topological polar surface area (TPSA) is 46.2 Å². The van der Waals surface area contributed by atoms with Crippen molar-refractivity contribution in [3.8, 4) is 0 Å². The maximum absolute atomic E-state index is 8.30. The standard InChI is InChI=1S/C4H9NO.ClH/c5-4-1-3(4)2-6;/h3-4,6H,1-2,5H2;1H. The van der Waals surface area contributed by atoms with Crippen LogP contribution in [0.15, 0.2) is 0 Å². The predicted octanol–water partition coefficient (Wildman–Crippen LogP) is -0.252. The van der Waals surface area contributed by atoms with Gasteiger partial charge < -0.3 is 10.8 Å². The third-order valence-electron chi connectivity index (χ3n) is 1.21. The number of aliphatic hydroxyl groups is 1. The lowest BCUT2D eigenvalue weighted by Crippen LogP contribution is -2.03. The zero-order chi connectivity index (χ0) is 4.57. The lowest BCUT2D eigenvalue weighted by molar-refractivity contribution is 0.274. The van der Waals surface area contributed by atoms with Crippen LogP contribution in [0.1, 0.15) is 6.42 Å². The van der Waals surface area contributed by atoms with Gasteiger partial charge in [-0.25, -0.2) is 0 Å². The van der Waals surface area contributed by atoms with Crippen LogP contribution in [0.25, 0.3) is 0 Å². The molecule has 1 fully saturated rings. The second-order valence-electron chi connectivity index (χ2n) is 1.84. The van der Waals surface area contributed by atoms with Gasteiger partial charge in [-0.15, -0.1) is 12.4 Å². The van der Waals surface area contributed by atoms with Crippen LogP contribution in [0.5, 0.6) is 0 Å². The second kappa shape index (κ2) is 2.50. The minimum absolute atomic E-state index is 0. The lowest BCUT2D eigenvalue weighted by Gasteiger charge is -1.79. The third kappa shape index (κ3) is 1.63. The molecule has 3 N–H and O–H groups in total. The van der Waals surface area contributed by atoms with Crippen LogP contribution in [-0.4, -0.2) is 17.8 Å². The van der Waals surface area contributed by atoms with Crippen molar-refractivity contribution in [2.45, 2.75) is 12.5 Å². The summed E-state index contributed by atoms with van der Waals surface area (Å²) in [6, 6.07) is 0.315. The van der Waals surface area contributed by atoms with Gasteiger partial charge in [0.2, 0.25) is 0 Å². The highest BCUT2D eigenvalue weighted by molar-refractivity contribution is 5.85. The van der Waals surface area contributed by atoms with Crippen LogP contribution in [-0.2, 0) is 0 Å². The molecule has 0 aromatic rings. The summed E-state index contributed by atoms with van der Waals surface area (Å²) >= 11 is 0. The summed E-state index contributed by atoms with van der Waals surface area (Å²) in [7, 11) is 0. The van der Waals surface area contributed by atoms with Gasteiger partial charge in [-0.05, 0) is 12.3 Å². The monoisotopic (exact) mass is 123 g/mol. The van der Waals surface area contributed by atoms with E-state index in [0.29, 0.717) is 12.0 Å². The molecule has 0 amide bonds. The van der Waals surface area contributed by atoms with Crippen molar-refractivity contribution in [3.05, 3.63) is 0 Å². The van der Waals surface area contributed by atoms with Gasteiger partial charge in [-0.2, -0.15) is 0 Å². The van der Waals surface area contributed by atoms with E-state index in [9.17, 15) is 0 Å². The van der Waals surface area contributed by atoms with Crippen molar-refractivity contribution >= 4 is 12.4 Å². The van der Waals surface area contributed by atoms with E-state index in [1.165, 1.54) is 0 Å². The van der Waals surface area contributed by atoms with Gasteiger partial charge in [0.25, 0.3) is 0 Å². The molecule has 0 saturated heterocycles. The van der Waals surface area contributed by atoms with Gasteiger partial charge in [0.1, 0.15) is 0 Å². The Balaban J connectivity index is 0.000000360.